The lowest BCUT2D eigenvalue weighted by atomic mass is 10.1. The Morgan fingerprint density at radius 2 is 1.89 bits per heavy atom. The Hall–Kier alpha value is -1.02. The topological polar surface area (TPSA) is 12.5 Å². The standard InChI is InChI=1S/C17H31NO/c1-6-10-16(4)11-12-17(8-3)19-15-9-14-18(5)13-7-2/h8,11-12H,3,6-7,9-10,13-15H2,1-2,4-5H3/b16-11+,17-12+. The third-order valence-corrected chi connectivity index (χ3v) is 2.94. The Bertz CT molecular complexity index is 292. The van der Waals surface area contributed by atoms with Crippen molar-refractivity contribution in [2.24, 2.45) is 0 Å². The van der Waals surface area contributed by atoms with Gasteiger partial charge in [0, 0.05) is 6.54 Å². The summed E-state index contributed by atoms with van der Waals surface area (Å²) in [5.74, 6) is 0.869. The van der Waals surface area contributed by atoms with Crippen molar-refractivity contribution >= 4 is 0 Å². The molecule has 0 rings (SSSR count). The molecule has 0 aromatic carbocycles. The van der Waals surface area contributed by atoms with Crippen molar-refractivity contribution in [1.29, 1.82) is 0 Å². The van der Waals surface area contributed by atoms with Gasteiger partial charge in [0.15, 0.2) is 0 Å². The van der Waals surface area contributed by atoms with Gasteiger partial charge < -0.3 is 9.64 Å². The molecule has 19 heavy (non-hydrogen) atoms. The molecule has 0 unspecified atom stereocenters. The largest absolute Gasteiger partial charge is 0.494 e. The average molecular weight is 265 g/mol. The van der Waals surface area contributed by atoms with Gasteiger partial charge in [0.2, 0.25) is 0 Å². The third-order valence-electron chi connectivity index (χ3n) is 2.94. The molecule has 0 N–H and O–H groups in total. The van der Waals surface area contributed by atoms with Crippen LogP contribution >= 0.6 is 0 Å². The molecular weight excluding hydrogens is 234 g/mol. The molecule has 0 aromatic heterocycles. The molecule has 2 heteroatoms. The Morgan fingerprint density at radius 1 is 1.16 bits per heavy atom. The molecule has 2 nitrogen and oxygen atoms in total. The van der Waals surface area contributed by atoms with Crippen LogP contribution in [0.3, 0.4) is 0 Å². The summed E-state index contributed by atoms with van der Waals surface area (Å²) in [6, 6.07) is 0. The van der Waals surface area contributed by atoms with E-state index >= 15 is 0 Å². The number of hydrogen-bond acceptors (Lipinski definition) is 2. The number of hydrogen-bond donors (Lipinski definition) is 0. The normalized spacial score (nSPS) is 12.9. The van der Waals surface area contributed by atoms with E-state index in [4.69, 9.17) is 4.74 Å². The van der Waals surface area contributed by atoms with E-state index in [1.807, 2.05) is 6.08 Å². The third kappa shape index (κ3) is 10.6. The molecule has 110 valence electrons. The molecule has 0 amide bonds. The van der Waals surface area contributed by atoms with E-state index in [0.29, 0.717) is 0 Å². The van der Waals surface area contributed by atoms with Gasteiger partial charge >= 0.3 is 0 Å². The second kappa shape index (κ2) is 12.0. The highest BCUT2D eigenvalue weighted by molar-refractivity contribution is 5.19. The number of ether oxygens (including phenoxy) is 1. The average Bonchev–Trinajstić information content (AvgIpc) is 2.38. The molecule has 0 saturated carbocycles. The summed E-state index contributed by atoms with van der Waals surface area (Å²) < 4.78 is 5.72. The molecule has 0 saturated heterocycles. The molecule has 0 aromatic rings. The first-order chi connectivity index (χ1) is 9.13. The minimum atomic E-state index is 0.757. The molecule has 0 fully saturated rings. The summed E-state index contributed by atoms with van der Waals surface area (Å²) in [6.07, 6.45) is 10.5. The highest BCUT2D eigenvalue weighted by Crippen LogP contribution is 2.06. The van der Waals surface area contributed by atoms with Crippen LogP contribution in [0.25, 0.3) is 0 Å². The van der Waals surface area contributed by atoms with Crippen molar-refractivity contribution in [3.63, 3.8) is 0 Å². The SMILES string of the molecule is C=C/C(=C\C=C(/C)CCC)OCCCN(C)CCC. The molecular formula is C17H31NO. The fraction of sp³-hybridized carbons (Fsp3) is 0.647. The molecule has 0 aliphatic heterocycles. The Morgan fingerprint density at radius 3 is 2.47 bits per heavy atom. The zero-order valence-electron chi connectivity index (χ0n) is 13.2. The van der Waals surface area contributed by atoms with Gasteiger partial charge in [0.25, 0.3) is 0 Å². The maximum atomic E-state index is 5.72. The first-order valence-electron chi connectivity index (χ1n) is 7.45. The van der Waals surface area contributed by atoms with Gasteiger partial charge in [-0.05, 0) is 51.9 Å². The minimum absolute atomic E-state index is 0.757. The van der Waals surface area contributed by atoms with Gasteiger partial charge in [-0.3, -0.25) is 0 Å². The van der Waals surface area contributed by atoms with Crippen molar-refractivity contribution in [3.8, 4) is 0 Å². The quantitative estimate of drug-likeness (QED) is 0.309. The van der Waals surface area contributed by atoms with Gasteiger partial charge in [-0.1, -0.05) is 38.5 Å². The summed E-state index contributed by atoms with van der Waals surface area (Å²) in [4.78, 5) is 2.34. The lowest BCUT2D eigenvalue weighted by Crippen LogP contribution is -2.21. The molecule has 0 atom stereocenters. The fourth-order valence-corrected chi connectivity index (χ4v) is 1.90. The molecule has 0 bridgehead atoms. The van der Waals surface area contributed by atoms with Crippen LogP contribution in [0.2, 0.25) is 0 Å². The minimum Gasteiger partial charge on any atom is -0.494 e. The zero-order valence-corrected chi connectivity index (χ0v) is 13.2. The van der Waals surface area contributed by atoms with Crippen LogP contribution < -0.4 is 0 Å². The van der Waals surface area contributed by atoms with Crippen molar-refractivity contribution in [1.82, 2.24) is 4.90 Å². The molecule has 0 spiro atoms. The summed E-state index contributed by atoms with van der Waals surface area (Å²) >= 11 is 0. The summed E-state index contributed by atoms with van der Waals surface area (Å²) in [6.45, 7) is 13.3. The maximum absolute atomic E-state index is 5.72. The lowest BCUT2D eigenvalue weighted by molar-refractivity contribution is 0.201. The predicted molar refractivity (Wildman–Crippen MR) is 85.3 cm³/mol. The van der Waals surface area contributed by atoms with E-state index in [1.165, 1.54) is 18.4 Å². The van der Waals surface area contributed by atoms with E-state index < -0.39 is 0 Å². The Balaban J connectivity index is 3.97. The van der Waals surface area contributed by atoms with E-state index in [-0.39, 0.29) is 0 Å². The van der Waals surface area contributed by atoms with Crippen molar-refractivity contribution in [3.05, 3.63) is 36.1 Å². The maximum Gasteiger partial charge on any atom is 0.118 e. The number of nitrogens with zero attached hydrogens (tertiary/aromatic N) is 1. The fourth-order valence-electron chi connectivity index (χ4n) is 1.90. The van der Waals surface area contributed by atoms with E-state index in [1.54, 1.807) is 6.08 Å². The van der Waals surface area contributed by atoms with Gasteiger partial charge in [-0.15, -0.1) is 0 Å². The van der Waals surface area contributed by atoms with Crippen LogP contribution in [0.1, 0.15) is 46.5 Å². The van der Waals surface area contributed by atoms with Crippen LogP contribution in [0, 0.1) is 0 Å². The second-order valence-electron chi connectivity index (χ2n) is 5.04. The smallest absolute Gasteiger partial charge is 0.118 e. The lowest BCUT2D eigenvalue weighted by Gasteiger charge is -2.15. The van der Waals surface area contributed by atoms with Crippen LogP contribution in [0.5, 0.6) is 0 Å². The van der Waals surface area contributed by atoms with Crippen LogP contribution in [-0.2, 0) is 4.74 Å². The van der Waals surface area contributed by atoms with Gasteiger partial charge in [0.05, 0.1) is 6.61 Å². The first kappa shape index (κ1) is 18.0. The molecule has 0 aliphatic carbocycles. The second-order valence-corrected chi connectivity index (χ2v) is 5.04. The van der Waals surface area contributed by atoms with Crippen molar-refractivity contribution in [2.75, 3.05) is 26.7 Å². The summed E-state index contributed by atoms with van der Waals surface area (Å²) in [5, 5.41) is 0. The summed E-state index contributed by atoms with van der Waals surface area (Å²) in [5.41, 5.74) is 1.38. The van der Waals surface area contributed by atoms with E-state index in [0.717, 1.165) is 38.3 Å². The number of rotatable bonds is 11. The van der Waals surface area contributed by atoms with E-state index in [2.05, 4.69) is 45.4 Å². The highest BCUT2D eigenvalue weighted by Gasteiger charge is 1.97. The van der Waals surface area contributed by atoms with Crippen LogP contribution in [0.15, 0.2) is 36.1 Å². The monoisotopic (exact) mass is 265 g/mol. The van der Waals surface area contributed by atoms with Crippen LogP contribution in [-0.4, -0.2) is 31.6 Å². The Kier molecular flexibility index (Phi) is 11.4. The Labute approximate surface area is 119 Å². The van der Waals surface area contributed by atoms with Gasteiger partial charge in [0.1, 0.15) is 5.76 Å². The van der Waals surface area contributed by atoms with Crippen LogP contribution in [0.4, 0.5) is 0 Å². The summed E-state index contributed by atoms with van der Waals surface area (Å²) in [7, 11) is 2.16. The number of allylic oxidation sites excluding steroid dienone is 4. The molecule has 0 aliphatic rings. The first-order valence-corrected chi connectivity index (χ1v) is 7.45. The van der Waals surface area contributed by atoms with Gasteiger partial charge in [-0.25, -0.2) is 0 Å². The zero-order chi connectivity index (χ0) is 14.5. The molecule has 0 heterocycles. The van der Waals surface area contributed by atoms with Crippen molar-refractivity contribution < 1.29 is 4.74 Å². The van der Waals surface area contributed by atoms with E-state index in [9.17, 15) is 0 Å². The molecule has 0 radical (unpaired) electrons. The van der Waals surface area contributed by atoms with Gasteiger partial charge in [-0.2, -0.15) is 0 Å². The van der Waals surface area contributed by atoms with Crippen molar-refractivity contribution in [2.45, 2.75) is 46.5 Å². The predicted octanol–water partition coefficient (Wildman–Crippen LogP) is 4.55. The highest BCUT2D eigenvalue weighted by atomic mass is 16.5.